The fourth-order valence-corrected chi connectivity index (χ4v) is 2.45. The molecule has 1 aromatic carbocycles. The molecule has 3 heteroatoms. The number of hydrogen-bond donors (Lipinski definition) is 1. The van der Waals surface area contributed by atoms with E-state index in [0.29, 0.717) is 5.92 Å². The van der Waals surface area contributed by atoms with Gasteiger partial charge in [-0.25, -0.2) is 0 Å². The van der Waals surface area contributed by atoms with Gasteiger partial charge in [0, 0.05) is 25.2 Å². The van der Waals surface area contributed by atoms with Crippen molar-refractivity contribution >= 4 is 17.3 Å². The summed E-state index contributed by atoms with van der Waals surface area (Å²) in [5, 5.41) is 4.34. The molecular formula is C17H29ClN2. The van der Waals surface area contributed by atoms with Crippen molar-refractivity contribution in [2.24, 2.45) is 5.92 Å². The zero-order valence-electron chi connectivity index (χ0n) is 13.8. The highest BCUT2D eigenvalue weighted by molar-refractivity contribution is 6.33. The van der Waals surface area contributed by atoms with E-state index in [9.17, 15) is 0 Å². The Balaban J connectivity index is 2.81. The van der Waals surface area contributed by atoms with Crippen molar-refractivity contribution in [3.05, 3.63) is 28.8 Å². The number of anilines is 1. The van der Waals surface area contributed by atoms with Crippen molar-refractivity contribution in [1.29, 1.82) is 0 Å². The molecule has 0 aliphatic heterocycles. The van der Waals surface area contributed by atoms with Crippen LogP contribution in [0.2, 0.25) is 5.02 Å². The third-order valence-electron chi connectivity index (χ3n) is 3.14. The fraction of sp³-hybridized carbons (Fsp3) is 0.647. The summed E-state index contributed by atoms with van der Waals surface area (Å²) in [6.45, 7) is 16.0. The third kappa shape index (κ3) is 5.72. The van der Waals surface area contributed by atoms with E-state index in [1.165, 1.54) is 5.56 Å². The van der Waals surface area contributed by atoms with Crippen LogP contribution >= 0.6 is 11.6 Å². The molecule has 20 heavy (non-hydrogen) atoms. The van der Waals surface area contributed by atoms with Crippen LogP contribution in [0.1, 0.15) is 47.1 Å². The lowest BCUT2D eigenvalue weighted by atomic mass is 10.1. The molecule has 0 radical (unpaired) electrons. The normalized spacial score (nSPS) is 12.0. The molecule has 114 valence electrons. The van der Waals surface area contributed by atoms with E-state index in [4.69, 9.17) is 11.6 Å². The Bertz CT molecular complexity index is 421. The van der Waals surface area contributed by atoms with Crippen LogP contribution < -0.4 is 10.2 Å². The van der Waals surface area contributed by atoms with Crippen molar-refractivity contribution < 1.29 is 0 Å². The zero-order valence-corrected chi connectivity index (χ0v) is 14.5. The number of rotatable bonds is 6. The first-order chi connectivity index (χ1) is 9.23. The largest absolute Gasteiger partial charge is 0.370 e. The van der Waals surface area contributed by atoms with Crippen LogP contribution in [-0.2, 0) is 6.54 Å². The fourth-order valence-electron chi connectivity index (χ4n) is 2.12. The Hall–Kier alpha value is -0.730. The minimum Gasteiger partial charge on any atom is -0.370 e. The number of hydrogen-bond acceptors (Lipinski definition) is 2. The van der Waals surface area contributed by atoms with Crippen molar-refractivity contribution in [1.82, 2.24) is 5.32 Å². The Morgan fingerprint density at radius 1 is 1.25 bits per heavy atom. The second-order valence-corrected chi connectivity index (χ2v) is 7.23. The van der Waals surface area contributed by atoms with E-state index in [0.717, 1.165) is 30.3 Å². The Kier molecular flexibility index (Phi) is 6.35. The van der Waals surface area contributed by atoms with Crippen LogP contribution in [-0.4, -0.2) is 18.6 Å². The Morgan fingerprint density at radius 2 is 1.90 bits per heavy atom. The molecule has 0 aliphatic rings. The predicted octanol–water partition coefficient (Wildman–Crippen LogP) is 4.71. The first-order valence-corrected chi connectivity index (χ1v) is 7.89. The molecule has 0 aliphatic carbocycles. The van der Waals surface area contributed by atoms with Crippen molar-refractivity contribution in [2.75, 3.05) is 18.0 Å². The van der Waals surface area contributed by atoms with E-state index < -0.39 is 0 Å². The van der Waals surface area contributed by atoms with Gasteiger partial charge in [0.25, 0.3) is 0 Å². The minimum atomic E-state index is 0.123. The quantitative estimate of drug-likeness (QED) is 0.818. The van der Waals surface area contributed by atoms with Gasteiger partial charge in [-0.2, -0.15) is 0 Å². The molecule has 0 fully saturated rings. The van der Waals surface area contributed by atoms with Crippen LogP contribution in [0.25, 0.3) is 0 Å². The van der Waals surface area contributed by atoms with E-state index >= 15 is 0 Å². The van der Waals surface area contributed by atoms with E-state index in [-0.39, 0.29) is 5.54 Å². The molecule has 1 aromatic rings. The Morgan fingerprint density at radius 3 is 2.35 bits per heavy atom. The van der Waals surface area contributed by atoms with Crippen molar-refractivity contribution in [3.63, 3.8) is 0 Å². The van der Waals surface area contributed by atoms with E-state index in [2.05, 4.69) is 70.0 Å². The van der Waals surface area contributed by atoms with Gasteiger partial charge in [0.1, 0.15) is 0 Å². The highest BCUT2D eigenvalue weighted by Gasteiger charge is 2.12. The lowest BCUT2D eigenvalue weighted by molar-refractivity contribution is 0.424. The van der Waals surface area contributed by atoms with Gasteiger partial charge < -0.3 is 10.2 Å². The van der Waals surface area contributed by atoms with Crippen LogP contribution in [0.3, 0.4) is 0 Å². The average Bonchev–Trinajstić information content (AvgIpc) is 2.33. The number of nitrogens with one attached hydrogen (secondary N) is 1. The maximum absolute atomic E-state index is 6.47. The topological polar surface area (TPSA) is 15.3 Å². The molecule has 0 amide bonds. The van der Waals surface area contributed by atoms with Gasteiger partial charge in [-0.05, 0) is 51.3 Å². The van der Waals surface area contributed by atoms with Crippen LogP contribution in [0.15, 0.2) is 18.2 Å². The number of nitrogens with zero attached hydrogens (tertiary/aromatic N) is 1. The first kappa shape index (κ1) is 17.3. The zero-order chi connectivity index (χ0) is 15.3. The molecule has 1 rings (SSSR count). The molecular weight excluding hydrogens is 268 g/mol. The summed E-state index contributed by atoms with van der Waals surface area (Å²) < 4.78 is 0. The number of benzene rings is 1. The molecule has 0 saturated heterocycles. The maximum atomic E-state index is 6.47. The molecule has 1 N–H and O–H groups in total. The monoisotopic (exact) mass is 296 g/mol. The highest BCUT2D eigenvalue weighted by atomic mass is 35.5. The highest BCUT2D eigenvalue weighted by Crippen LogP contribution is 2.27. The first-order valence-electron chi connectivity index (χ1n) is 7.51. The summed E-state index contributed by atoms with van der Waals surface area (Å²) in [4.78, 5) is 2.34. The summed E-state index contributed by atoms with van der Waals surface area (Å²) in [6, 6.07) is 6.40. The summed E-state index contributed by atoms with van der Waals surface area (Å²) in [5.74, 6) is 0.633. The molecule has 0 saturated carbocycles. The van der Waals surface area contributed by atoms with Gasteiger partial charge in [0.2, 0.25) is 0 Å². The Labute approximate surface area is 129 Å². The predicted molar refractivity (Wildman–Crippen MR) is 90.8 cm³/mol. The summed E-state index contributed by atoms with van der Waals surface area (Å²) >= 11 is 6.47. The molecule has 2 nitrogen and oxygen atoms in total. The minimum absolute atomic E-state index is 0.123. The van der Waals surface area contributed by atoms with Crippen LogP contribution in [0.5, 0.6) is 0 Å². The van der Waals surface area contributed by atoms with Gasteiger partial charge in [-0.15, -0.1) is 0 Å². The summed E-state index contributed by atoms with van der Waals surface area (Å²) in [6.07, 6.45) is 0. The molecule has 0 spiro atoms. The van der Waals surface area contributed by atoms with Crippen molar-refractivity contribution in [3.8, 4) is 0 Å². The number of halogens is 1. The second kappa shape index (κ2) is 7.33. The van der Waals surface area contributed by atoms with Gasteiger partial charge in [-0.1, -0.05) is 31.5 Å². The maximum Gasteiger partial charge on any atom is 0.0642 e. The molecule has 0 aromatic heterocycles. The van der Waals surface area contributed by atoms with Crippen molar-refractivity contribution in [2.45, 2.75) is 53.6 Å². The van der Waals surface area contributed by atoms with Crippen LogP contribution in [0, 0.1) is 5.92 Å². The molecule has 0 heterocycles. The van der Waals surface area contributed by atoms with Crippen LogP contribution in [0.4, 0.5) is 5.69 Å². The third-order valence-corrected chi connectivity index (χ3v) is 3.45. The van der Waals surface area contributed by atoms with E-state index in [1.54, 1.807) is 0 Å². The summed E-state index contributed by atoms with van der Waals surface area (Å²) in [5.41, 5.74) is 2.50. The van der Waals surface area contributed by atoms with Gasteiger partial charge >= 0.3 is 0 Å². The average molecular weight is 297 g/mol. The smallest absolute Gasteiger partial charge is 0.0642 e. The molecule has 0 bridgehead atoms. The molecule has 0 unspecified atom stereocenters. The van der Waals surface area contributed by atoms with Gasteiger partial charge in [-0.3, -0.25) is 0 Å². The standard InChI is InChI=1S/C17H29ClN2/c1-7-20(12-13(2)3)16-9-8-14(10-15(16)18)11-19-17(4,5)6/h8-10,13,19H,7,11-12H2,1-6H3. The lowest BCUT2D eigenvalue weighted by Gasteiger charge is -2.27. The van der Waals surface area contributed by atoms with Gasteiger partial charge in [0.15, 0.2) is 0 Å². The SMILES string of the molecule is CCN(CC(C)C)c1ccc(CNC(C)(C)C)cc1Cl. The second-order valence-electron chi connectivity index (χ2n) is 6.82. The molecule has 0 atom stereocenters. The summed E-state index contributed by atoms with van der Waals surface area (Å²) in [7, 11) is 0. The van der Waals surface area contributed by atoms with Gasteiger partial charge in [0.05, 0.1) is 10.7 Å². The van der Waals surface area contributed by atoms with E-state index in [1.807, 2.05) is 0 Å². The lowest BCUT2D eigenvalue weighted by Crippen LogP contribution is -2.35.